The summed E-state index contributed by atoms with van der Waals surface area (Å²) in [4.78, 5) is 21.8. The van der Waals surface area contributed by atoms with E-state index in [0.717, 1.165) is 6.07 Å². The number of non-ortho nitro benzene ring substituents is 1. The average molecular weight is 309 g/mol. The number of fused-ring (bicyclic) bond motifs is 1. The van der Waals surface area contributed by atoms with Crippen LogP contribution in [0.5, 0.6) is 0 Å². The summed E-state index contributed by atoms with van der Waals surface area (Å²) in [5, 5.41) is 20.7. The Kier molecular flexibility index (Phi) is 4.41. The summed E-state index contributed by atoms with van der Waals surface area (Å²) < 4.78 is 15.1. The number of benzene rings is 1. The molecule has 0 saturated carbocycles. The maximum Gasteiger partial charge on any atom is 0.306 e. The minimum absolute atomic E-state index is 0.107. The number of hydrogen-bond acceptors (Lipinski definition) is 4. The second-order valence-corrected chi connectivity index (χ2v) is 5.16. The number of aromatic nitrogens is 1. The summed E-state index contributed by atoms with van der Waals surface area (Å²) in [7, 11) is 1.63. The topological polar surface area (TPSA) is 111 Å². The van der Waals surface area contributed by atoms with Gasteiger partial charge < -0.3 is 15.4 Å². The number of rotatable bonds is 6. The van der Waals surface area contributed by atoms with E-state index >= 15 is 0 Å². The number of aryl methyl sites for hydroxylation is 1. The molecular weight excluding hydrogens is 293 g/mol. The van der Waals surface area contributed by atoms with Gasteiger partial charge in [0, 0.05) is 13.2 Å². The predicted octanol–water partition coefficient (Wildman–Crippen LogP) is 1.82. The van der Waals surface area contributed by atoms with E-state index in [1.807, 2.05) is 0 Å². The molecule has 3 N–H and O–H groups in total. The van der Waals surface area contributed by atoms with Gasteiger partial charge in [-0.3, -0.25) is 14.9 Å². The maximum atomic E-state index is 13.5. The highest BCUT2D eigenvalue weighted by Gasteiger charge is 2.24. The van der Waals surface area contributed by atoms with Crippen LogP contribution >= 0.6 is 0 Å². The number of nitrogens with two attached hydrogens (primary N) is 1. The predicted molar refractivity (Wildman–Crippen MR) is 78.0 cm³/mol. The van der Waals surface area contributed by atoms with Crippen molar-refractivity contribution in [3.05, 3.63) is 39.8 Å². The Hall–Kier alpha value is -2.48. The third kappa shape index (κ3) is 2.91. The molecule has 0 spiro atoms. The Bertz CT molecular complexity index is 741. The first-order valence-electron chi connectivity index (χ1n) is 6.69. The van der Waals surface area contributed by atoms with E-state index in [0.29, 0.717) is 11.1 Å². The van der Waals surface area contributed by atoms with Crippen LogP contribution in [0.3, 0.4) is 0 Å². The first-order chi connectivity index (χ1) is 10.3. The first kappa shape index (κ1) is 15.9. The monoisotopic (exact) mass is 309 g/mol. The van der Waals surface area contributed by atoms with Crippen LogP contribution in [0, 0.1) is 21.8 Å². The molecule has 1 unspecified atom stereocenters. The number of carboxylic acids is 1. The molecule has 0 aliphatic rings. The molecule has 2 rings (SSSR count). The van der Waals surface area contributed by atoms with Crippen LogP contribution in [0.4, 0.5) is 10.1 Å². The van der Waals surface area contributed by atoms with Crippen LogP contribution in [0.15, 0.2) is 18.3 Å². The summed E-state index contributed by atoms with van der Waals surface area (Å²) in [6.07, 6.45) is 1.97. The molecule has 0 fully saturated rings. The van der Waals surface area contributed by atoms with Crippen molar-refractivity contribution >= 4 is 22.6 Å². The fraction of sp³-hybridized carbons (Fsp3) is 0.357. The maximum absolute atomic E-state index is 13.5. The second-order valence-electron chi connectivity index (χ2n) is 5.16. The molecule has 1 heterocycles. The van der Waals surface area contributed by atoms with Gasteiger partial charge in [0.1, 0.15) is 5.82 Å². The van der Waals surface area contributed by atoms with Crippen molar-refractivity contribution in [2.45, 2.75) is 12.8 Å². The van der Waals surface area contributed by atoms with Gasteiger partial charge in [0.15, 0.2) is 0 Å². The number of halogens is 1. The number of hydrogen-bond donors (Lipinski definition) is 2. The van der Waals surface area contributed by atoms with E-state index in [4.69, 9.17) is 5.73 Å². The number of nitro groups is 1. The van der Waals surface area contributed by atoms with Gasteiger partial charge in [-0.25, -0.2) is 4.39 Å². The molecule has 0 aliphatic carbocycles. The molecule has 7 nitrogen and oxygen atoms in total. The molecular formula is C14H16FN3O4. The zero-order valence-corrected chi connectivity index (χ0v) is 12.0. The largest absolute Gasteiger partial charge is 0.481 e. The average Bonchev–Trinajstić information content (AvgIpc) is 2.73. The van der Waals surface area contributed by atoms with Crippen molar-refractivity contribution < 1.29 is 19.2 Å². The van der Waals surface area contributed by atoms with Gasteiger partial charge in [-0.15, -0.1) is 0 Å². The van der Waals surface area contributed by atoms with Crippen molar-refractivity contribution in [2.24, 2.45) is 18.7 Å². The zero-order valence-electron chi connectivity index (χ0n) is 12.0. The normalized spacial score (nSPS) is 12.5. The lowest BCUT2D eigenvalue weighted by atomic mass is 9.95. The van der Waals surface area contributed by atoms with Gasteiger partial charge in [0.2, 0.25) is 0 Å². The molecule has 0 aliphatic heterocycles. The van der Waals surface area contributed by atoms with Crippen molar-refractivity contribution in [3.8, 4) is 0 Å². The molecule has 22 heavy (non-hydrogen) atoms. The van der Waals surface area contributed by atoms with Crippen LogP contribution in [0.2, 0.25) is 0 Å². The van der Waals surface area contributed by atoms with Gasteiger partial charge in [0.05, 0.1) is 27.8 Å². The Morgan fingerprint density at radius 2 is 2.23 bits per heavy atom. The van der Waals surface area contributed by atoms with E-state index in [1.54, 1.807) is 17.8 Å². The van der Waals surface area contributed by atoms with Gasteiger partial charge in [-0.1, -0.05) is 0 Å². The van der Waals surface area contributed by atoms with E-state index in [1.165, 1.54) is 6.07 Å². The third-order valence-corrected chi connectivity index (χ3v) is 3.64. The lowest BCUT2D eigenvalue weighted by Crippen LogP contribution is -2.20. The summed E-state index contributed by atoms with van der Waals surface area (Å²) >= 11 is 0. The van der Waals surface area contributed by atoms with E-state index in [-0.39, 0.29) is 30.5 Å². The first-order valence-corrected chi connectivity index (χ1v) is 6.69. The van der Waals surface area contributed by atoms with Crippen LogP contribution in [-0.2, 0) is 18.3 Å². The lowest BCUT2D eigenvalue weighted by molar-refractivity contribution is -0.383. The highest BCUT2D eigenvalue weighted by molar-refractivity contribution is 5.93. The number of carbonyl (C=O) groups is 1. The van der Waals surface area contributed by atoms with Crippen LogP contribution in [0.25, 0.3) is 10.9 Å². The molecule has 118 valence electrons. The minimum atomic E-state index is -1.01. The summed E-state index contributed by atoms with van der Waals surface area (Å²) in [5.41, 5.74) is 5.92. The number of aliphatic carboxylic acids is 1. The molecule has 0 saturated heterocycles. The molecule has 2 aromatic rings. The van der Waals surface area contributed by atoms with Crippen molar-refractivity contribution in [3.63, 3.8) is 0 Å². The van der Waals surface area contributed by atoms with Crippen LogP contribution < -0.4 is 5.73 Å². The Labute approximate surface area is 125 Å². The van der Waals surface area contributed by atoms with E-state index < -0.39 is 22.6 Å². The number of nitro benzene ring substituents is 1. The molecule has 1 aromatic carbocycles. The highest BCUT2D eigenvalue weighted by atomic mass is 19.1. The van der Waals surface area contributed by atoms with Crippen LogP contribution in [0.1, 0.15) is 12.0 Å². The van der Waals surface area contributed by atoms with Crippen molar-refractivity contribution in [2.75, 3.05) is 6.54 Å². The van der Waals surface area contributed by atoms with E-state index in [2.05, 4.69) is 0 Å². The fourth-order valence-corrected chi connectivity index (χ4v) is 2.63. The summed E-state index contributed by atoms with van der Waals surface area (Å²) in [6, 6.07) is 2.05. The Balaban J connectivity index is 2.59. The Morgan fingerprint density at radius 1 is 1.55 bits per heavy atom. The number of nitrogens with zero attached hydrogens (tertiary/aromatic N) is 2. The quantitative estimate of drug-likeness (QED) is 0.624. The van der Waals surface area contributed by atoms with Crippen LogP contribution in [-0.4, -0.2) is 27.1 Å². The molecule has 1 atom stereocenters. The van der Waals surface area contributed by atoms with Crippen molar-refractivity contribution in [1.29, 1.82) is 0 Å². The minimum Gasteiger partial charge on any atom is -0.481 e. The highest BCUT2D eigenvalue weighted by Crippen LogP contribution is 2.33. The summed E-state index contributed by atoms with van der Waals surface area (Å²) in [5.74, 6) is -2.45. The second kappa shape index (κ2) is 6.10. The lowest BCUT2D eigenvalue weighted by Gasteiger charge is -2.10. The molecule has 0 bridgehead atoms. The molecule has 1 aromatic heterocycles. The van der Waals surface area contributed by atoms with Gasteiger partial charge in [-0.2, -0.15) is 0 Å². The molecule has 0 radical (unpaired) electrons. The van der Waals surface area contributed by atoms with Crippen molar-refractivity contribution in [1.82, 2.24) is 4.57 Å². The molecule has 8 heteroatoms. The van der Waals surface area contributed by atoms with Gasteiger partial charge in [-0.05, 0) is 31.0 Å². The summed E-state index contributed by atoms with van der Waals surface area (Å²) in [6.45, 7) is 0.207. The third-order valence-electron chi connectivity index (χ3n) is 3.64. The Morgan fingerprint density at radius 3 is 2.77 bits per heavy atom. The fourth-order valence-electron chi connectivity index (χ4n) is 2.63. The van der Waals surface area contributed by atoms with Gasteiger partial charge in [0.25, 0.3) is 5.69 Å². The smallest absolute Gasteiger partial charge is 0.306 e. The standard InChI is InChI=1S/C14H16FN3O4/c1-17-7-9(4-8(2-3-16)14(19)20)13-11(17)5-10(15)6-12(13)18(21)22/h5-8H,2-4,16H2,1H3,(H,19,20). The number of carboxylic acid groups (broad SMARTS) is 1. The van der Waals surface area contributed by atoms with Gasteiger partial charge >= 0.3 is 5.97 Å². The van der Waals surface area contributed by atoms with E-state index in [9.17, 15) is 24.4 Å². The molecule has 0 amide bonds. The zero-order chi connectivity index (χ0) is 16.4. The SMILES string of the molecule is Cn1cc(CC(CCN)C(=O)O)c2c([N+](=O)[O-])cc(F)cc21.